The van der Waals surface area contributed by atoms with E-state index < -0.39 is 10.0 Å². The van der Waals surface area contributed by atoms with Crippen molar-refractivity contribution in [3.8, 4) is 0 Å². The van der Waals surface area contributed by atoms with Crippen LogP contribution in [0.4, 0.5) is 0 Å². The molecule has 5 nitrogen and oxygen atoms in total. The lowest BCUT2D eigenvalue weighted by Crippen LogP contribution is -2.46. The Bertz CT molecular complexity index is 374. The van der Waals surface area contributed by atoms with Crippen molar-refractivity contribution in [2.45, 2.75) is 49.8 Å². The lowest BCUT2D eigenvalue weighted by molar-refractivity contribution is 0.433. The van der Waals surface area contributed by atoms with Gasteiger partial charge in [-0.2, -0.15) is 4.31 Å². The summed E-state index contributed by atoms with van der Waals surface area (Å²) in [5.41, 5.74) is 5.46. The van der Waals surface area contributed by atoms with Crippen LogP contribution in [0.3, 0.4) is 0 Å². The van der Waals surface area contributed by atoms with E-state index in [0.29, 0.717) is 13.0 Å². The fourth-order valence-corrected chi connectivity index (χ4v) is 5.00. The molecule has 1 atom stereocenters. The second-order valence-corrected chi connectivity index (χ2v) is 6.84. The molecule has 1 unspecified atom stereocenters. The molecule has 1 saturated heterocycles. The van der Waals surface area contributed by atoms with Crippen molar-refractivity contribution in [3.05, 3.63) is 0 Å². The molecule has 0 aromatic rings. The first-order valence-corrected chi connectivity index (χ1v) is 7.38. The van der Waals surface area contributed by atoms with Crippen molar-refractivity contribution in [3.63, 3.8) is 0 Å². The Kier molecular flexibility index (Phi) is 3.21. The number of nitrogens with one attached hydrogen (secondary N) is 1. The lowest BCUT2D eigenvalue weighted by atomic mass is 10.2. The highest BCUT2D eigenvalue weighted by atomic mass is 32.2. The van der Waals surface area contributed by atoms with Crippen molar-refractivity contribution in [1.29, 1.82) is 5.41 Å². The maximum atomic E-state index is 12.3. The number of hydrogen-bond donors (Lipinski definition) is 2. The first-order chi connectivity index (χ1) is 7.53. The van der Waals surface area contributed by atoms with E-state index in [1.165, 1.54) is 4.31 Å². The SMILES string of the molecule is N=C(N)C1CCCN1S(=O)(=O)C1CCCC1. The molecule has 0 aromatic heterocycles. The van der Waals surface area contributed by atoms with Crippen LogP contribution in [-0.2, 0) is 10.0 Å². The van der Waals surface area contributed by atoms with Gasteiger partial charge in [0.05, 0.1) is 11.3 Å². The van der Waals surface area contributed by atoms with Crippen LogP contribution in [0.5, 0.6) is 0 Å². The summed E-state index contributed by atoms with van der Waals surface area (Å²) in [6.07, 6.45) is 5.05. The van der Waals surface area contributed by atoms with Gasteiger partial charge in [-0.05, 0) is 25.7 Å². The largest absolute Gasteiger partial charge is 0.386 e. The molecular weight excluding hydrogens is 226 g/mol. The minimum absolute atomic E-state index is 0.0147. The van der Waals surface area contributed by atoms with Crippen LogP contribution in [0.1, 0.15) is 38.5 Å². The normalized spacial score (nSPS) is 28.6. The highest BCUT2D eigenvalue weighted by molar-refractivity contribution is 7.89. The van der Waals surface area contributed by atoms with Crippen LogP contribution >= 0.6 is 0 Å². The molecule has 1 heterocycles. The molecule has 0 bridgehead atoms. The first kappa shape index (κ1) is 11.9. The highest BCUT2D eigenvalue weighted by Crippen LogP contribution is 2.31. The summed E-state index contributed by atoms with van der Waals surface area (Å²) in [7, 11) is -3.22. The quantitative estimate of drug-likeness (QED) is 0.565. The van der Waals surface area contributed by atoms with E-state index in [-0.39, 0.29) is 17.1 Å². The Morgan fingerprint density at radius 3 is 2.38 bits per heavy atom. The molecule has 0 aromatic carbocycles. The van der Waals surface area contributed by atoms with Gasteiger partial charge in [0.2, 0.25) is 10.0 Å². The molecule has 0 spiro atoms. The van der Waals surface area contributed by atoms with Gasteiger partial charge in [-0.3, -0.25) is 5.41 Å². The van der Waals surface area contributed by atoms with Gasteiger partial charge in [-0.1, -0.05) is 12.8 Å². The molecule has 16 heavy (non-hydrogen) atoms. The molecule has 2 aliphatic rings. The van der Waals surface area contributed by atoms with Gasteiger partial charge in [0.1, 0.15) is 5.84 Å². The maximum Gasteiger partial charge on any atom is 0.217 e. The van der Waals surface area contributed by atoms with Gasteiger partial charge in [0.15, 0.2) is 0 Å². The Labute approximate surface area is 96.6 Å². The highest BCUT2D eigenvalue weighted by Gasteiger charge is 2.41. The van der Waals surface area contributed by atoms with Crippen LogP contribution in [0.2, 0.25) is 0 Å². The van der Waals surface area contributed by atoms with Crippen molar-refractivity contribution in [1.82, 2.24) is 4.31 Å². The minimum atomic E-state index is -3.22. The summed E-state index contributed by atoms with van der Waals surface area (Å²) < 4.78 is 26.1. The third-order valence-corrected chi connectivity index (χ3v) is 6.02. The number of nitrogens with two attached hydrogens (primary N) is 1. The van der Waals surface area contributed by atoms with Gasteiger partial charge in [0, 0.05) is 6.54 Å². The summed E-state index contributed by atoms with van der Waals surface area (Å²) in [6, 6.07) is -0.384. The molecule has 0 radical (unpaired) electrons. The number of rotatable bonds is 3. The minimum Gasteiger partial charge on any atom is -0.386 e. The van der Waals surface area contributed by atoms with Crippen molar-refractivity contribution in [2.75, 3.05) is 6.54 Å². The average molecular weight is 245 g/mol. The second kappa shape index (κ2) is 4.33. The van der Waals surface area contributed by atoms with E-state index >= 15 is 0 Å². The van der Waals surface area contributed by atoms with Crippen molar-refractivity contribution < 1.29 is 8.42 Å². The first-order valence-electron chi connectivity index (χ1n) is 5.88. The molecule has 2 rings (SSSR count). The van der Waals surface area contributed by atoms with Crippen LogP contribution in [-0.4, -0.2) is 36.4 Å². The second-order valence-electron chi connectivity index (χ2n) is 4.68. The molecule has 6 heteroatoms. The van der Waals surface area contributed by atoms with E-state index in [1.54, 1.807) is 0 Å². The summed E-state index contributed by atoms with van der Waals surface area (Å²) in [5.74, 6) is -0.0147. The molecular formula is C10H19N3O2S. The molecule has 0 amide bonds. The molecule has 1 aliphatic heterocycles. The van der Waals surface area contributed by atoms with E-state index in [1.807, 2.05) is 0 Å². The number of amidine groups is 1. The third kappa shape index (κ3) is 1.96. The lowest BCUT2D eigenvalue weighted by Gasteiger charge is -2.26. The smallest absolute Gasteiger partial charge is 0.217 e. The van der Waals surface area contributed by atoms with Crippen molar-refractivity contribution in [2.24, 2.45) is 5.73 Å². The fraction of sp³-hybridized carbons (Fsp3) is 0.900. The number of nitrogens with zero attached hydrogens (tertiary/aromatic N) is 1. The van der Waals surface area contributed by atoms with Crippen molar-refractivity contribution >= 4 is 15.9 Å². The Hall–Kier alpha value is -0.620. The number of hydrogen-bond acceptors (Lipinski definition) is 3. The molecule has 1 aliphatic carbocycles. The molecule has 3 N–H and O–H groups in total. The predicted molar refractivity (Wildman–Crippen MR) is 62.8 cm³/mol. The van der Waals surface area contributed by atoms with Crippen LogP contribution in [0, 0.1) is 5.41 Å². The molecule has 1 saturated carbocycles. The Morgan fingerprint density at radius 1 is 1.19 bits per heavy atom. The van der Waals surface area contributed by atoms with Crippen LogP contribution in [0.25, 0.3) is 0 Å². The zero-order valence-electron chi connectivity index (χ0n) is 9.35. The monoisotopic (exact) mass is 245 g/mol. The third-order valence-electron chi connectivity index (χ3n) is 3.61. The average Bonchev–Trinajstić information content (AvgIpc) is 2.89. The van der Waals surface area contributed by atoms with E-state index in [9.17, 15) is 8.42 Å². The Balaban J connectivity index is 2.19. The van der Waals surface area contributed by atoms with Gasteiger partial charge in [0.25, 0.3) is 0 Å². The van der Waals surface area contributed by atoms with Gasteiger partial charge < -0.3 is 5.73 Å². The summed E-state index contributed by atoms with van der Waals surface area (Å²) in [6.45, 7) is 0.531. The standard InChI is InChI=1S/C10H19N3O2S/c11-10(12)9-6-3-7-13(9)16(14,15)8-4-1-2-5-8/h8-9H,1-7H2,(H3,11,12). The zero-order valence-corrected chi connectivity index (χ0v) is 10.2. The predicted octanol–water partition coefficient (Wildman–Crippen LogP) is 0.659. The van der Waals surface area contributed by atoms with Crippen LogP contribution in [0.15, 0.2) is 0 Å². The topological polar surface area (TPSA) is 87.2 Å². The molecule has 2 fully saturated rings. The molecule has 92 valence electrons. The van der Waals surface area contributed by atoms with Gasteiger partial charge in [-0.25, -0.2) is 8.42 Å². The maximum absolute atomic E-state index is 12.3. The zero-order chi connectivity index (χ0) is 11.8. The number of sulfonamides is 1. The van der Waals surface area contributed by atoms with Crippen LogP contribution < -0.4 is 5.73 Å². The summed E-state index contributed by atoms with van der Waals surface area (Å²) >= 11 is 0. The van der Waals surface area contributed by atoms with E-state index in [0.717, 1.165) is 32.1 Å². The Morgan fingerprint density at radius 2 is 1.81 bits per heavy atom. The summed E-state index contributed by atoms with van der Waals surface area (Å²) in [5, 5.41) is 7.22. The summed E-state index contributed by atoms with van der Waals surface area (Å²) in [4.78, 5) is 0. The van der Waals surface area contributed by atoms with Gasteiger partial charge in [-0.15, -0.1) is 0 Å². The van der Waals surface area contributed by atoms with E-state index in [4.69, 9.17) is 11.1 Å². The van der Waals surface area contributed by atoms with E-state index in [2.05, 4.69) is 0 Å². The van der Waals surface area contributed by atoms with Gasteiger partial charge >= 0.3 is 0 Å². The fourth-order valence-electron chi connectivity index (χ4n) is 2.73.